The number of carbonyl (C=O) groups excluding carboxylic acids is 2. The van der Waals surface area contributed by atoms with Gasteiger partial charge in [-0.2, -0.15) is 0 Å². The van der Waals surface area contributed by atoms with Crippen LogP contribution in [0.5, 0.6) is 0 Å². The summed E-state index contributed by atoms with van der Waals surface area (Å²) in [6, 6.07) is 7.62. The molecule has 1 amide bonds. The van der Waals surface area contributed by atoms with Gasteiger partial charge < -0.3 is 14.4 Å². The Morgan fingerprint density at radius 2 is 1.87 bits per heavy atom. The fraction of sp³-hybridized carbons (Fsp3) is 0.444. The van der Waals surface area contributed by atoms with Crippen LogP contribution in [0.3, 0.4) is 0 Å². The average Bonchev–Trinajstić information content (AvgIpc) is 2.58. The first-order valence-corrected chi connectivity index (χ1v) is 7.65. The molecule has 23 heavy (non-hydrogen) atoms. The molecule has 0 unspecified atom stereocenters. The Morgan fingerprint density at radius 1 is 1.22 bits per heavy atom. The molecule has 2 atom stereocenters. The van der Waals surface area contributed by atoms with E-state index in [4.69, 9.17) is 9.47 Å². The minimum absolute atomic E-state index is 0.0129. The van der Waals surface area contributed by atoms with Crippen molar-refractivity contribution in [3.63, 3.8) is 0 Å². The van der Waals surface area contributed by atoms with Crippen LogP contribution in [0.1, 0.15) is 25.3 Å². The van der Waals surface area contributed by atoms with Crippen LogP contribution in [0, 0.1) is 5.92 Å². The number of allylic oxidation sites excluding steroid dienone is 2. The molecule has 0 bridgehead atoms. The van der Waals surface area contributed by atoms with Crippen molar-refractivity contribution in [2.45, 2.75) is 25.2 Å². The lowest BCUT2D eigenvalue weighted by molar-refractivity contribution is -0.135. The first-order chi connectivity index (χ1) is 11.0. The van der Waals surface area contributed by atoms with Crippen LogP contribution >= 0.6 is 0 Å². The molecule has 0 fully saturated rings. The van der Waals surface area contributed by atoms with E-state index in [9.17, 15) is 9.59 Å². The number of nitrogens with zero attached hydrogens (tertiary/aromatic N) is 1. The van der Waals surface area contributed by atoms with E-state index in [2.05, 4.69) is 0 Å². The van der Waals surface area contributed by atoms with E-state index >= 15 is 0 Å². The number of ketones is 1. The van der Waals surface area contributed by atoms with Gasteiger partial charge in [-0.25, -0.2) is 0 Å². The third kappa shape index (κ3) is 1.99. The van der Waals surface area contributed by atoms with Crippen LogP contribution in [-0.4, -0.2) is 33.0 Å². The molecule has 5 nitrogen and oxygen atoms in total. The molecule has 2 aliphatic rings. The van der Waals surface area contributed by atoms with Crippen molar-refractivity contribution >= 4 is 17.4 Å². The lowest BCUT2D eigenvalue weighted by Gasteiger charge is -2.48. The molecule has 122 valence electrons. The summed E-state index contributed by atoms with van der Waals surface area (Å²) < 4.78 is 10.9. The molecule has 3 rings (SSSR count). The lowest BCUT2D eigenvalue weighted by atomic mass is 9.59. The predicted molar refractivity (Wildman–Crippen MR) is 86.0 cm³/mol. The predicted octanol–water partition coefficient (Wildman–Crippen LogP) is 2.40. The van der Waals surface area contributed by atoms with E-state index in [0.717, 1.165) is 11.3 Å². The third-order valence-corrected chi connectivity index (χ3v) is 5.23. The number of anilines is 1. The molecule has 0 spiro atoms. The van der Waals surface area contributed by atoms with E-state index in [1.165, 1.54) is 0 Å². The Balaban J connectivity index is 2.29. The standard InChI is InChI=1S/C18H21NO4/c1-11(20)18-10-16(23-4)15(22-3)9-13(18)17(21)19(2)14-8-6-5-7-12(14)18/h5-8,13H,9-10H2,1-4H3/t13-,18-/m1/s1. The molecule has 5 heteroatoms. The molecule has 0 radical (unpaired) electrons. The second-order valence-corrected chi connectivity index (χ2v) is 6.13. The van der Waals surface area contributed by atoms with Crippen LogP contribution < -0.4 is 4.90 Å². The van der Waals surface area contributed by atoms with E-state index in [1.54, 1.807) is 33.1 Å². The zero-order valence-corrected chi connectivity index (χ0v) is 13.9. The van der Waals surface area contributed by atoms with E-state index in [-0.39, 0.29) is 11.7 Å². The maximum atomic E-state index is 12.9. The normalized spacial score (nSPS) is 26.5. The molecular formula is C18H21NO4. The van der Waals surface area contributed by atoms with Crippen molar-refractivity contribution in [1.82, 2.24) is 0 Å². The summed E-state index contributed by atoms with van der Waals surface area (Å²) in [5.74, 6) is 0.764. The number of benzene rings is 1. The number of amides is 1. The Bertz CT molecular complexity index is 709. The van der Waals surface area contributed by atoms with Gasteiger partial charge in [0, 0.05) is 25.6 Å². The van der Waals surface area contributed by atoms with Gasteiger partial charge in [0.1, 0.15) is 17.3 Å². The Labute approximate surface area is 135 Å². The maximum absolute atomic E-state index is 12.9. The van der Waals surface area contributed by atoms with Crippen molar-refractivity contribution in [1.29, 1.82) is 0 Å². The quantitative estimate of drug-likeness (QED) is 0.859. The monoisotopic (exact) mass is 315 g/mol. The summed E-state index contributed by atoms with van der Waals surface area (Å²) in [5, 5.41) is 0. The third-order valence-electron chi connectivity index (χ3n) is 5.23. The van der Waals surface area contributed by atoms with Crippen molar-refractivity contribution in [2.75, 3.05) is 26.2 Å². The summed E-state index contributed by atoms with van der Waals surface area (Å²) in [7, 11) is 4.90. The van der Waals surface area contributed by atoms with Crippen LogP contribution in [-0.2, 0) is 24.5 Å². The molecule has 0 saturated heterocycles. The van der Waals surface area contributed by atoms with Gasteiger partial charge in [0.05, 0.1) is 25.6 Å². The number of rotatable bonds is 3. The van der Waals surface area contributed by atoms with Gasteiger partial charge >= 0.3 is 0 Å². The van der Waals surface area contributed by atoms with Gasteiger partial charge in [0.2, 0.25) is 5.91 Å². The van der Waals surface area contributed by atoms with E-state index in [0.29, 0.717) is 24.4 Å². The summed E-state index contributed by atoms with van der Waals surface area (Å²) in [6.45, 7) is 1.56. The van der Waals surface area contributed by atoms with Crippen LogP contribution in [0.4, 0.5) is 5.69 Å². The van der Waals surface area contributed by atoms with Gasteiger partial charge in [-0.1, -0.05) is 18.2 Å². The number of Topliss-reactive ketones (excluding diaryl/α,β-unsaturated/α-hetero) is 1. The highest BCUT2D eigenvalue weighted by Crippen LogP contribution is 2.53. The number of hydrogen-bond acceptors (Lipinski definition) is 4. The Hall–Kier alpha value is -2.30. The van der Waals surface area contributed by atoms with Crippen molar-refractivity contribution in [3.05, 3.63) is 41.3 Å². The second-order valence-electron chi connectivity index (χ2n) is 6.13. The largest absolute Gasteiger partial charge is 0.498 e. The minimum Gasteiger partial charge on any atom is -0.498 e. The molecule has 1 aromatic rings. The van der Waals surface area contributed by atoms with E-state index in [1.807, 2.05) is 24.3 Å². The number of fused-ring (bicyclic) bond motifs is 3. The molecule has 0 saturated carbocycles. The molecule has 0 N–H and O–H groups in total. The Kier molecular flexibility index (Phi) is 3.66. The fourth-order valence-corrected chi connectivity index (χ4v) is 3.97. The van der Waals surface area contributed by atoms with Gasteiger partial charge in [0.25, 0.3) is 0 Å². The van der Waals surface area contributed by atoms with Crippen molar-refractivity contribution in [2.24, 2.45) is 5.92 Å². The zero-order chi connectivity index (χ0) is 16.8. The van der Waals surface area contributed by atoms with Crippen LogP contribution in [0.25, 0.3) is 0 Å². The number of carbonyl (C=O) groups is 2. The SMILES string of the molecule is COC1=C(OC)C[C@@]2(C(C)=O)c3ccccc3N(C)C(=O)[C@H]2C1. The minimum atomic E-state index is -0.881. The topological polar surface area (TPSA) is 55.8 Å². The van der Waals surface area contributed by atoms with E-state index < -0.39 is 11.3 Å². The average molecular weight is 315 g/mol. The molecule has 1 heterocycles. The smallest absolute Gasteiger partial charge is 0.231 e. The Morgan fingerprint density at radius 3 is 2.48 bits per heavy atom. The summed E-state index contributed by atoms with van der Waals surface area (Å²) >= 11 is 0. The molecule has 1 aliphatic carbocycles. The molecule has 1 aromatic carbocycles. The van der Waals surface area contributed by atoms with Gasteiger partial charge in [-0.05, 0) is 18.6 Å². The fourth-order valence-electron chi connectivity index (χ4n) is 3.97. The highest BCUT2D eigenvalue weighted by Gasteiger charge is 2.57. The zero-order valence-electron chi connectivity index (χ0n) is 13.9. The highest BCUT2D eigenvalue weighted by molar-refractivity contribution is 6.07. The number of methoxy groups -OCH3 is 2. The summed E-state index contributed by atoms with van der Waals surface area (Å²) in [5.41, 5.74) is 0.803. The molecular weight excluding hydrogens is 294 g/mol. The first kappa shape index (κ1) is 15.6. The highest BCUT2D eigenvalue weighted by atomic mass is 16.5. The number of para-hydroxylation sites is 1. The number of hydrogen-bond donors (Lipinski definition) is 0. The van der Waals surface area contributed by atoms with Gasteiger partial charge in [-0.15, -0.1) is 0 Å². The number of ether oxygens (including phenoxy) is 2. The van der Waals surface area contributed by atoms with Gasteiger partial charge in [-0.3, -0.25) is 9.59 Å². The maximum Gasteiger partial charge on any atom is 0.231 e. The second kappa shape index (κ2) is 5.41. The van der Waals surface area contributed by atoms with Crippen LogP contribution in [0.2, 0.25) is 0 Å². The summed E-state index contributed by atoms with van der Waals surface area (Å²) in [4.78, 5) is 27.3. The summed E-state index contributed by atoms with van der Waals surface area (Å²) in [6.07, 6.45) is 0.722. The lowest BCUT2D eigenvalue weighted by Crippen LogP contribution is -2.56. The van der Waals surface area contributed by atoms with Crippen molar-refractivity contribution in [3.8, 4) is 0 Å². The van der Waals surface area contributed by atoms with Crippen molar-refractivity contribution < 1.29 is 19.1 Å². The van der Waals surface area contributed by atoms with Gasteiger partial charge in [0.15, 0.2) is 0 Å². The van der Waals surface area contributed by atoms with Crippen LogP contribution in [0.15, 0.2) is 35.8 Å². The first-order valence-electron chi connectivity index (χ1n) is 7.65. The molecule has 0 aromatic heterocycles. The molecule has 1 aliphatic heterocycles.